The van der Waals surface area contributed by atoms with Crippen molar-refractivity contribution in [2.75, 3.05) is 18.3 Å². The third-order valence-corrected chi connectivity index (χ3v) is 3.56. The highest BCUT2D eigenvalue weighted by atomic mass is 35.5. The first-order chi connectivity index (χ1) is 8.78. The van der Waals surface area contributed by atoms with Gasteiger partial charge in [-0.25, -0.2) is 0 Å². The molecule has 0 saturated heterocycles. The molecule has 94 valence electrons. The van der Waals surface area contributed by atoms with Crippen molar-refractivity contribution >= 4 is 29.1 Å². The van der Waals surface area contributed by atoms with Crippen LogP contribution in [-0.2, 0) is 0 Å². The van der Waals surface area contributed by atoms with Gasteiger partial charge in [-0.1, -0.05) is 11.6 Å². The second-order valence-corrected chi connectivity index (χ2v) is 5.13. The van der Waals surface area contributed by atoms with Crippen LogP contribution in [0.3, 0.4) is 0 Å². The van der Waals surface area contributed by atoms with Crippen molar-refractivity contribution < 1.29 is 4.74 Å². The van der Waals surface area contributed by atoms with Gasteiger partial charge in [0.25, 0.3) is 0 Å². The second kappa shape index (κ2) is 6.57. The summed E-state index contributed by atoms with van der Waals surface area (Å²) in [6, 6.07) is 15.7. The Morgan fingerprint density at radius 1 is 1.06 bits per heavy atom. The van der Waals surface area contributed by atoms with Gasteiger partial charge in [-0.3, -0.25) is 0 Å². The number of halogens is 1. The Morgan fingerprint density at radius 3 is 2.33 bits per heavy atom. The van der Waals surface area contributed by atoms with Crippen LogP contribution in [0.5, 0.6) is 5.75 Å². The lowest BCUT2D eigenvalue weighted by Crippen LogP contribution is -1.96. The average Bonchev–Trinajstić information content (AvgIpc) is 2.42. The summed E-state index contributed by atoms with van der Waals surface area (Å²) in [6.45, 7) is 0. The number of benzene rings is 2. The number of anilines is 1. The molecule has 0 atom stereocenters. The molecule has 18 heavy (non-hydrogen) atoms. The molecule has 0 aromatic heterocycles. The minimum atomic E-state index is 0.766. The van der Waals surface area contributed by atoms with Gasteiger partial charge in [-0.15, -0.1) is 11.8 Å². The first-order valence-corrected chi connectivity index (χ1v) is 6.90. The first kappa shape index (κ1) is 13.1. The molecule has 4 heteroatoms. The summed E-state index contributed by atoms with van der Waals surface area (Å²) < 4.78 is 5.11. The summed E-state index contributed by atoms with van der Waals surface area (Å²) in [4.78, 5) is 1.19. The van der Waals surface area contributed by atoms with E-state index in [-0.39, 0.29) is 0 Å². The fourth-order valence-corrected chi connectivity index (χ4v) is 2.30. The number of nitrogens with one attached hydrogen (secondary N) is 1. The maximum atomic E-state index is 5.83. The highest BCUT2D eigenvalue weighted by Crippen LogP contribution is 2.21. The van der Waals surface area contributed by atoms with Crippen LogP contribution in [0.15, 0.2) is 53.4 Å². The van der Waals surface area contributed by atoms with E-state index in [4.69, 9.17) is 16.3 Å². The van der Waals surface area contributed by atoms with Gasteiger partial charge in [0.2, 0.25) is 0 Å². The van der Waals surface area contributed by atoms with Crippen LogP contribution in [0.2, 0.25) is 5.02 Å². The lowest BCUT2D eigenvalue weighted by Gasteiger charge is -2.07. The van der Waals surface area contributed by atoms with Crippen LogP contribution in [0.25, 0.3) is 0 Å². The maximum Gasteiger partial charge on any atom is 0.119 e. The molecule has 2 aromatic rings. The van der Waals surface area contributed by atoms with Crippen molar-refractivity contribution in [2.45, 2.75) is 4.90 Å². The molecule has 0 bridgehead atoms. The standard InChI is InChI=1S/C14H14ClNOS/c1-17-13-6-4-12(5-7-13)16-10-18-14-8-2-11(15)3-9-14/h2-9,16H,10H2,1H3. The van der Waals surface area contributed by atoms with Gasteiger partial charge in [0, 0.05) is 15.6 Å². The summed E-state index contributed by atoms with van der Waals surface area (Å²) >= 11 is 7.57. The molecule has 0 aliphatic heterocycles. The number of thioether (sulfide) groups is 1. The average molecular weight is 280 g/mol. The molecule has 0 spiro atoms. The predicted octanol–water partition coefficient (Wildman–Crippen LogP) is 4.51. The monoisotopic (exact) mass is 279 g/mol. The third kappa shape index (κ3) is 3.86. The van der Waals surface area contributed by atoms with E-state index in [2.05, 4.69) is 5.32 Å². The fourth-order valence-electron chi connectivity index (χ4n) is 1.44. The van der Waals surface area contributed by atoms with Crippen LogP contribution in [-0.4, -0.2) is 13.0 Å². The molecular weight excluding hydrogens is 266 g/mol. The van der Waals surface area contributed by atoms with Crippen molar-refractivity contribution in [3.63, 3.8) is 0 Å². The molecule has 0 aliphatic carbocycles. The van der Waals surface area contributed by atoms with Gasteiger partial charge in [-0.05, 0) is 48.5 Å². The van der Waals surface area contributed by atoms with Crippen molar-refractivity contribution in [3.8, 4) is 5.75 Å². The van der Waals surface area contributed by atoms with Crippen LogP contribution >= 0.6 is 23.4 Å². The molecule has 0 radical (unpaired) electrons. The van der Waals surface area contributed by atoms with Crippen LogP contribution in [0, 0.1) is 0 Å². The Hall–Kier alpha value is -1.32. The summed E-state index contributed by atoms with van der Waals surface area (Å²) in [5, 5.41) is 4.10. The molecule has 0 heterocycles. The van der Waals surface area contributed by atoms with Crippen molar-refractivity contribution in [1.82, 2.24) is 0 Å². The number of ether oxygens (including phenoxy) is 1. The van der Waals surface area contributed by atoms with Crippen LogP contribution in [0.4, 0.5) is 5.69 Å². The zero-order valence-corrected chi connectivity index (χ0v) is 11.6. The van der Waals surface area contributed by atoms with E-state index in [1.54, 1.807) is 18.9 Å². The quantitative estimate of drug-likeness (QED) is 0.643. The molecule has 0 unspecified atom stereocenters. The largest absolute Gasteiger partial charge is 0.497 e. The van der Waals surface area contributed by atoms with Crippen molar-refractivity contribution in [3.05, 3.63) is 53.6 Å². The van der Waals surface area contributed by atoms with E-state index in [1.807, 2.05) is 48.5 Å². The minimum Gasteiger partial charge on any atom is -0.497 e. The Morgan fingerprint density at radius 2 is 1.72 bits per heavy atom. The lowest BCUT2D eigenvalue weighted by molar-refractivity contribution is 0.415. The normalized spacial score (nSPS) is 10.1. The number of methoxy groups -OCH3 is 1. The van der Waals surface area contributed by atoms with Gasteiger partial charge in [-0.2, -0.15) is 0 Å². The molecule has 1 N–H and O–H groups in total. The van der Waals surface area contributed by atoms with Crippen molar-refractivity contribution in [2.24, 2.45) is 0 Å². The van der Waals surface area contributed by atoms with Gasteiger partial charge >= 0.3 is 0 Å². The molecule has 0 amide bonds. The van der Waals surface area contributed by atoms with Gasteiger partial charge < -0.3 is 10.1 Å². The van der Waals surface area contributed by atoms with Gasteiger partial charge in [0.05, 0.1) is 13.0 Å². The maximum absolute atomic E-state index is 5.83. The first-order valence-electron chi connectivity index (χ1n) is 5.54. The molecule has 0 fully saturated rings. The Labute approximate surface area is 116 Å². The highest BCUT2D eigenvalue weighted by Gasteiger charge is 1.96. The second-order valence-electron chi connectivity index (χ2n) is 3.65. The van der Waals surface area contributed by atoms with E-state index in [1.165, 1.54) is 4.90 Å². The van der Waals surface area contributed by atoms with Crippen molar-refractivity contribution in [1.29, 1.82) is 0 Å². The topological polar surface area (TPSA) is 21.3 Å². The van der Waals surface area contributed by atoms with Crippen LogP contribution in [0.1, 0.15) is 0 Å². The van der Waals surface area contributed by atoms with Crippen LogP contribution < -0.4 is 10.1 Å². The zero-order valence-electron chi connectivity index (χ0n) is 10.0. The van der Waals surface area contributed by atoms with Gasteiger partial charge in [0.15, 0.2) is 0 Å². The summed E-state index contributed by atoms with van der Waals surface area (Å²) in [5.41, 5.74) is 1.08. The summed E-state index contributed by atoms with van der Waals surface area (Å²) in [6.07, 6.45) is 0. The zero-order chi connectivity index (χ0) is 12.8. The molecule has 2 nitrogen and oxygen atoms in total. The summed E-state index contributed by atoms with van der Waals surface area (Å²) in [5.74, 6) is 1.68. The fraction of sp³-hybridized carbons (Fsp3) is 0.143. The van der Waals surface area contributed by atoms with E-state index in [0.717, 1.165) is 22.3 Å². The molecule has 0 saturated carbocycles. The molecule has 2 rings (SSSR count). The Balaban J connectivity index is 1.82. The van der Waals surface area contributed by atoms with Gasteiger partial charge in [0.1, 0.15) is 5.75 Å². The highest BCUT2D eigenvalue weighted by molar-refractivity contribution is 7.99. The van der Waals surface area contributed by atoms with E-state index in [9.17, 15) is 0 Å². The van der Waals surface area contributed by atoms with E-state index in [0.29, 0.717) is 0 Å². The van der Waals surface area contributed by atoms with E-state index >= 15 is 0 Å². The van der Waals surface area contributed by atoms with E-state index < -0.39 is 0 Å². The number of hydrogen-bond acceptors (Lipinski definition) is 3. The summed E-state index contributed by atoms with van der Waals surface area (Å²) in [7, 11) is 1.67. The SMILES string of the molecule is COc1ccc(NCSc2ccc(Cl)cc2)cc1. The lowest BCUT2D eigenvalue weighted by atomic mass is 10.3. The third-order valence-electron chi connectivity index (χ3n) is 2.42. The molecular formula is C14H14ClNOS. The minimum absolute atomic E-state index is 0.766. The Bertz CT molecular complexity index is 484. The smallest absolute Gasteiger partial charge is 0.119 e. The number of rotatable bonds is 5. The molecule has 2 aromatic carbocycles. The Kier molecular flexibility index (Phi) is 4.79. The molecule has 0 aliphatic rings. The number of hydrogen-bond donors (Lipinski definition) is 1. The predicted molar refractivity (Wildman–Crippen MR) is 78.8 cm³/mol.